The molecule has 0 aliphatic heterocycles. The Morgan fingerprint density at radius 3 is 1.42 bits per heavy atom. The van der Waals surface area contributed by atoms with Crippen LogP contribution in [0.2, 0.25) is 0 Å². The molecule has 0 amide bonds. The van der Waals surface area contributed by atoms with E-state index in [9.17, 15) is 0 Å². The minimum absolute atomic E-state index is 0.184. The van der Waals surface area contributed by atoms with Crippen LogP contribution in [0.5, 0.6) is 0 Å². The minimum Gasteiger partial charge on any atom is -0.132 e. The Labute approximate surface area is 160 Å². The quantitative estimate of drug-likeness (QED) is 0.507. The molecule has 0 radical (unpaired) electrons. The lowest BCUT2D eigenvalue weighted by Crippen LogP contribution is -2.43. The average Bonchev–Trinajstić information content (AvgIpc) is 2.68. The number of hydrogen-bond donors (Lipinski definition) is 0. The van der Waals surface area contributed by atoms with E-state index >= 15 is 0 Å². The van der Waals surface area contributed by atoms with E-state index in [0.29, 0.717) is 5.92 Å². The lowest BCUT2D eigenvalue weighted by atomic mass is 9.52. The fourth-order valence-electron chi connectivity index (χ4n) is 5.31. The number of thioether (sulfide) groups is 1. The van der Waals surface area contributed by atoms with Gasteiger partial charge in [-0.25, -0.2) is 0 Å². The maximum Gasteiger partial charge on any atom is 0.0768 e. The summed E-state index contributed by atoms with van der Waals surface area (Å²) in [7, 11) is 0. The Hall–Kier alpha value is -2.25. The monoisotopic (exact) mass is 354 g/mol. The van der Waals surface area contributed by atoms with Gasteiger partial charge in [-0.15, -0.1) is 11.8 Å². The summed E-state index contributed by atoms with van der Waals surface area (Å²) in [4.78, 5) is 1.46. The highest BCUT2D eigenvalue weighted by Gasteiger charge is 2.53. The summed E-state index contributed by atoms with van der Waals surface area (Å²) in [5.41, 5.74) is 10.0. The van der Waals surface area contributed by atoms with Gasteiger partial charge in [0.1, 0.15) is 0 Å². The number of allylic oxidation sites excluding steroid dienone is 2. The SMILES string of the molecule is CSC(=C(C)C)C12c3ccccc3C(c3ccccc31)c1ccccc12. The molecule has 0 heterocycles. The molecular formula is C25H22S. The lowest BCUT2D eigenvalue weighted by Gasteiger charge is -2.52. The van der Waals surface area contributed by atoms with Gasteiger partial charge in [0.25, 0.3) is 0 Å². The molecule has 0 atom stereocenters. The number of hydrogen-bond acceptors (Lipinski definition) is 1. The Balaban J connectivity index is 2.05. The molecule has 0 aromatic heterocycles. The van der Waals surface area contributed by atoms with Gasteiger partial charge in [-0.05, 0) is 53.5 Å². The van der Waals surface area contributed by atoms with Crippen LogP contribution >= 0.6 is 11.8 Å². The molecule has 1 heteroatoms. The van der Waals surface area contributed by atoms with Crippen LogP contribution in [0, 0.1) is 0 Å². The first-order valence-corrected chi connectivity index (χ1v) is 10.4. The van der Waals surface area contributed by atoms with Gasteiger partial charge in [-0.3, -0.25) is 0 Å². The number of benzene rings is 3. The summed E-state index contributed by atoms with van der Waals surface area (Å²) in [6, 6.07) is 27.3. The Kier molecular flexibility index (Phi) is 3.45. The highest BCUT2D eigenvalue weighted by Crippen LogP contribution is 2.63. The molecule has 0 saturated carbocycles. The van der Waals surface area contributed by atoms with E-state index in [-0.39, 0.29) is 5.41 Å². The third-order valence-corrected chi connectivity index (χ3v) is 7.15. The van der Waals surface area contributed by atoms with Gasteiger partial charge in [0.15, 0.2) is 0 Å². The molecule has 6 rings (SSSR count). The van der Waals surface area contributed by atoms with Crippen molar-refractivity contribution in [2.45, 2.75) is 25.2 Å². The van der Waals surface area contributed by atoms with Crippen molar-refractivity contribution >= 4 is 11.8 Å². The first-order valence-electron chi connectivity index (χ1n) is 9.21. The topological polar surface area (TPSA) is 0 Å². The van der Waals surface area contributed by atoms with Crippen molar-refractivity contribution in [2.24, 2.45) is 0 Å². The first kappa shape index (κ1) is 16.0. The van der Waals surface area contributed by atoms with Crippen molar-refractivity contribution in [1.82, 2.24) is 0 Å². The molecule has 0 fully saturated rings. The molecule has 3 aliphatic carbocycles. The van der Waals surface area contributed by atoms with Crippen molar-refractivity contribution < 1.29 is 0 Å². The molecule has 0 nitrogen and oxygen atoms in total. The maximum absolute atomic E-state index is 2.35. The largest absolute Gasteiger partial charge is 0.132 e. The van der Waals surface area contributed by atoms with Crippen LogP contribution < -0.4 is 0 Å². The van der Waals surface area contributed by atoms with Crippen LogP contribution in [0.15, 0.2) is 83.3 Å². The predicted molar refractivity (Wildman–Crippen MR) is 112 cm³/mol. The third-order valence-electron chi connectivity index (χ3n) is 6.03. The second-order valence-electron chi connectivity index (χ2n) is 7.48. The van der Waals surface area contributed by atoms with Crippen molar-refractivity contribution in [3.05, 3.63) is 117 Å². The molecule has 0 spiro atoms. The van der Waals surface area contributed by atoms with E-state index < -0.39 is 0 Å². The van der Waals surface area contributed by atoms with Gasteiger partial charge >= 0.3 is 0 Å². The van der Waals surface area contributed by atoms with E-state index in [1.165, 1.54) is 43.9 Å². The van der Waals surface area contributed by atoms with Gasteiger partial charge < -0.3 is 0 Å². The standard InChI is InChI=1S/C25H22S/c1-16(2)24(26-3)25-20-13-7-4-10-17(20)23(18-11-5-8-14-21(18)25)19-12-6-9-15-22(19)25/h4-15,23H,1-3H3. The predicted octanol–water partition coefficient (Wildman–Crippen LogP) is 6.48. The van der Waals surface area contributed by atoms with Crippen LogP contribution in [0.25, 0.3) is 0 Å². The van der Waals surface area contributed by atoms with E-state index in [1.807, 2.05) is 11.8 Å². The summed E-state index contributed by atoms with van der Waals surface area (Å²) < 4.78 is 0. The molecule has 0 N–H and O–H groups in total. The molecule has 3 aromatic rings. The third kappa shape index (κ3) is 1.77. The molecule has 0 unspecified atom stereocenters. The lowest BCUT2D eigenvalue weighted by molar-refractivity contribution is 0.637. The Bertz CT molecular complexity index is 937. The molecule has 3 aromatic carbocycles. The van der Waals surface area contributed by atoms with Crippen molar-refractivity contribution in [3.63, 3.8) is 0 Å². The molecule has 2 bridgehead atoms. The average molecular weight is 355 g/mol. The molecule has 3 aliphatic rings. The van der Waals surface area contributed by atoms with Crippen LogP contribution in [0.1, 0.15) is 53.1 Å². The summed E-state index contributed by atoms with van der Waals surface area (Å²) in [6.07, 6.45) is 2.23. The van der Waals surface area contributed by atoms with Gasteiger partial charge in [-0.2, -0.15) is 0 Å². The fraction of sp³-hybridized carbons (Fsp3) is 0.200. The number of rotatable bonds is 2. The molecule has 0 saturated heterocycles. The van der Waals surface area contributed by atoms with Crippen molar-refractivity contribution in [2.75, 3.05) is 6.26 Å². The molecule has 128 valence electrons. The Morgan fingerprint density at radius 1 is 0.692 bits per heavy atom. The van der Waals surface area contributed by atoms with Crippen molar-refractivity contribution in [3.8, 4) is 0 Å². The normalized spacial score (nSPS) is 21.6. The summed E-state index contributed by atoms with van der Waals surface area (Å²) >= 11 is 1.90. The zero-order chi connectivity index (χ0) is 17.9. The zero-order valence-electron chi connectivity index (χ0n) is 15.4. The van der Waals surface area contributed by atoms with Crippen LogP contribution in [0.3, 0.4) is 0 Å². The van der Waals surface area contributed by atoms with Gasteiger partial charge in [0.2, 0.25) is 0 Å². The van der Waals surface area contributed by atoms with Crippen LogP contribution in [0.4, 0.5) is 0 Å². The van der Waals surface area contributed by atoms with Gasteiger partial charge in [0, 0.05) is 10.8 Å². The Morgan fingerprint density at radius 2 is 1.08 bits per heavy atom. The van der Waals surface area contributed by atoms with E-state index in [1.54, 1.807) is 0 Å². The van der Waals surface area contributed by atoms with Crippen LogP contribution in [-0.4, -0.2) is 6.26 Å². The van der Waals surface area contributed by atoms with Gasteiger partial charge in [-0.1, -0.05) is 78.4 Å². The zero-order valence-corrected chi connectivity index (χ0v) is 16.2. The molecule has 26 heavy (non-hydrogen) atoms. The smallest absolute Gasteiger partial charge is 0.0768 e. The van der Waals surface area contributed by atoms with E-state index in [0.717, 1.165) is 0 Å². The fourth-order valence-corrected chi connectivity index (χ4v) is 6.35. The second-order valence-corrected chi connectivity index (χ2v) is 8.29. The first-order chi connectivity index (χ1) is 12.7. The van der Waals surface area contributed by atoms with Crippen LogP contribution in [-0.2, 0) is 5.41 Å². The van der Waals surface area contributed by atoms with E-state index in [4.69, 9.17) is 0 Å². The van der Waals surface area contributed by atoms with E-state index in [2.05, 4.69) is 92.9 Å². The summed E-state index contributed by atoms with van der Waals surface area (Å²) in [5, 5.41) is 0. The summed E-state index contributed by atoms with van der Waals surface area (Å²) in [6.45, 7) is 4.52. The summed E-state index contributed by atoms with van der Waals surface area (Å²) in [5.74, 6) is 0.348. The molecular weight excluding hydrogens is 332 g/mol. The second kappa shape index (κ2) is 5.62. The van der Waals surface area contributed by atoms with Gasteiger partial charge in [0.05, 0.1) is 5.41 Å². The van der Waals surface area contributed by atoms with Crippen molar-refractivity contribution in [1.29, 1.82) is 0 Å². The highest BCUT2D eigenvalue weighted by atomic mass is 32.2. The maximum atomic E-state index is 2.35. The highest BCUT2D eigenvalue weighted by molar-refractivity contribution is 8.02. The minimum atomic E-state index is -0.184.